The molecule has 1 aliphatic rings. The van der Waals surface area contributed by atoms with Crippen LogP contribution in [-0.4, -0.2) is 58.9 Å². The Kier molecular flexibility index (Phi) is 7.22. The van der Waals surface area contributed by atoms with Crippen LogP contribution in [0, 0.1) is 5.82 Å². The zero-order valence-electron chi connectivity index (χ0n) is 16.2. The van der Waals surface area contributed by atoms with Crippen LogP contribution in [0.3, 0.4) is 0 Å². The lowest BCUT2D eigenvalue weighted by Gasteiger charge is -2.29. The van der Waals surface area contributed by atoms with E-state index < -0.39 is 0 Å². The summed E-state index contributed by atoms with van der Waals surface area (Å²) in [6.45, 7) is 6.00. The molecule has 2 aromatic carbocycles. The monoisotopic (exact) mass is 389 g/mol. The second-order valence-corrected chi connectivity index (χ2v) is 7.01. The molecule has 150 valence electrons. The number of amides is 1. The number of nitrogens with one attached hydrogen (secondary N) is 3. The summed E-state index contributed by atoms with van der Waals surface area (Å²) in [6, 6.07) is 13.5. The minimum absolute atomic E-state index is 0.0344. The zero-order valence-corrected chi connectivity index (χ0v) is 16.2. The Morgan fingerprint density at radius 2 is 1.57 bits per heavy atom. The third kappa shape index (κ3) is 6.21. The Morgan fingerprint density at radius 1 is 0.964 bits per heavy atom. The molecule has 1 fully saturated rings. The SMILES string of the molecule is COc1ccc(OCC[NH+]2CC[NH+](CC(=O)Nc3ccc(F)cc3)CC2)cc1. The summed E-state index contributed by atoms with van der Waals surface area (Å²) in [6.07, 6.45) is 0. The van der Waals surface area contributed by atoms with E-state index in [-0.39, 0.29) is 11.7 Å². The van der Waals surface area contributed by atoms with Crippen LogP contribution in [0.15, 0.2) is 48.5 Å². The lowest BCUT2D eigenvalue weighted by Crippen LogP contribution is -3.28. The summed E-state index contributed by atoms with van der Waals surface area (Å²) in [4.78, 5) is 14.9. The highest BCUT2D eigenvalue weighted by atomic mass is 19.1. The molecule has 3 N–H and O–H groups in total. The van der Waals surface area contributed by atoms with E-state index >= 15 is 0 Å². The highest BCUT2D eigenvalue weighted by molar-refractivity contribution is 5.91. The van der Waals surface area contributed by atoms with E-state index in [1.165, 1.54) is 21.9 Å². The molecule has 1 heterocycles. The maximum Gasteiger partial charge on any atom is 0.279 e. The maximum absolute atomic E-state index is 12.9. The van der Waals surface area contributed by atoms with Crippen molar-refractivity contribution >= 4 is 11.6 Å². The van der Waals surface area contributed by atoms with Crippen LogP contribution in [0.1, 0.15) is 0 Å². The third-order valence-electron chi connectivity index (χ3n) is 4.99. The van der Waals surface area contributed by atoms with E-state index in [4.69, 9.17) is 9.47 Å². The summed E-state index contributed by atoms with van der Waals surface area (Å²) in [5, 5.41) is 2.83. The number of carbonyl (C=O) groups excluding carboxylic acids is 1. The molecule has 0 bridgehead atoms. The van der Waals surface area contributed by atoms with Gasteiger partial charge in [-0.2, -0.15) is 0 Å². The zero-order chi connectivity index (χ0) is 19.8. The van der Waals surface area contributed by atoms with E-state index in [1.54, 1.807) is 19.2 Å². The van der Waals surface area contributed by atoms with E-state index in [1.807, 2.05) is 24.3 Å². The lowest BCUT2D eigenvalue weighted by atomic mass is 10.3. The van der Waals surface area contributed by atoms with Gasteiger partial charge in [-0.25, -0.2) is 4.39 Å². The number of benzene rings is 2. The van der Waals surface area contributed by atoms with E-state index in [0.717, 1.165) is 44.2 Å². The number of methoxy groups -OCH3 is 1. The van der Waals surface area contributed by atoms with Gasteiger partial charge in [-0.1, -0.05) is 0 Å². The molecule has 28 heavy (non-hydrogen) atoms. The minimum Gasteiger partial charge on any atom is -0.497 e. The number of quaternary nitrogens is 2. The molecule has 6 nitrogen and oxygen atoms in total. The van der Waals surface area contributed by atoms with Gasteiger partial charge in [0, 0.05) is 5.69 Å². The average molecular weight is 389 g/mol. The molecule has 2 aromatic rings. The molecule has 7 heteroatoms. The van der Waals surface area contributed by atoms with Crippen molar-refractivity contribution in [3.05, 3.63) is 54.3 Å². The van der Waals surface area contributed by atoms with Gasteiger partial charge in [-0.05, 0) is 48.5 Å². The molecule has 1 saturated heterocycles. The fourth-order valence-corrected chi connectivity index (χ4v) is 3.33. The van der Waals surface area contributed by atoms with Crippen LogP contribution < -0.4 is 24.6 Å². The first-order valence-electron chi connectivity index (χ1n) is 9.62. The Labute approximate surface area is 164 Å². The summed E-state index contributed by atoms with van der Waals surface area (Å²) in [5.41, 5.74) is 0.630. The first-order chi connectivity index (χ1) is 13.6. The number of ether oxygens (including phenoxy) is 2. The van der Waals surface area contributed by atoms with Gasteiger partial charge in [0.15, 0.2) is 6.54 Å². The molecular weight excluding hydrogens is 361 g/mol. The number of carbonyl (C=O) groups is 1. The molecule has 0 aliphatic carbocycles. The van der Waals surface area contributed by atoms with Crippen molar-refractivity contribution in [3.63, 3.8) is 0 Å². The van der Waals surface area contributed by atoms with Crippen LogP contribution in [0.4, 0.5) is 10.1 Å². The van der Waals surface area contributed by atoms with E-state index in [0.29, 0.717) is 18.8 Å². The molecule has 0 saturated carbocycles. The van der Waals surface area contributed by atoms with Crippen LogP contribution in [0.2, 0.25) is 0 Å². The molecule has 0 aromatic heterocycles. The van der Waals surface area contributed by atoms with Crippen LogP contribution in [0.25, 0.3) is 0 Å². The number of anilines is 1. The maximum atomic E-state index is 12.9. The predicted molar refractivity (Wildman–Crippen MR) is 105 cm³/mol. The van der Waals surface area contributed by atoms with Crippen LogP contribution >= 0.6 is 0 Å². The molecule has 0 atom stereocenters. The molecule has 0 spiro atoms. The average Bonchev–Trinajstić information content (AvgIpc) is 2.71. The van der Waals surface area contributed by atoms with E-state index in [2.05, 4.69) is 5.32 Å². The molecule has 0 unspecified atom stereocenters. The number of piperazine rings is 1. The third-order valence-corrected chi connectivity index (χ3v) is 4.99. The van der Waals surface area contributed by atoms with Gasteiger partial charge >= 0.3 is 0 Å². The van der Waals surface area contributed by atoms with Crippen molar-refractivity contribution in [2.24, 2.45) is 0 Å². The first-order valence-corrected chi connectivity index (χ1v) is 9.62. The number of rotatable bonds is 8. The van der Waals surface area contributed by atoms with Crippen molar-refractivity contribution in [1.82, 2.24) is 0 Å². The topological polar surface area (TPSA) is 56.4 Å². The Morgan fingerprint density at radius 3 is 2.21 bits per heavy atom. The van der Waals surface area contributed by atoms with Gasteiger partial charge in [0.05, 0.1) is 7.11 Å². The van der Waals surface area contributed by atoms with Crippen molar-refractivity contribution < 1.29 is 28.5 Å². The van der Waals surface area contributed by atoms with Gasteiger partial charge in [0.1, 0.15) is 56.6 Å². The first kappa shape index (κ1) is 20.1. The van der Waals surface area contributed by atoms with Crippen molar-refractivity contribution in [1.29, 1.82) is 0 Å². The van der Waals surface area contributed by atoms with Crippen LogP contribution in [-0.2, 0) is 4.79 Å². The summed E-state index contributed by atoms with van der Waals surface area (Å²) in [7, 11) is 1.65. The summed E-state index contributed by atoms with van der Waals surface area (Å²) in [5.74, 6) is 1.33. The Bertz CT molecular complexity index is 744. The normalized spacial score (nSPS) is 19.1. The van der Waals surface area contributed by atoms with Gasteiger partial charge < -0.3 is 24.6 Å². The van der Waals surface area contributed by atoms with Crippen LogP contribution in [0.5, 0.6) is 11.5 Å². The van der Waals surface area contributed by atoms with Gasteiger partial charge in [-0.15, -0.1) is 0 Å². The summed E-state index contributed by atoms with van der Waals surface area (Å²) < 4.78 is 23.9. The quantitative estimate of drug-likeness (QED) is 0.578. The van der Waals surface area contributed by atoms with Gasteiger partial charge in [0.2, 0.25) is 0 Å². The standard InChI is InChI=1S/C21H26FN3O3/c1-27-19-6-8-20(9-7-19)28-15-14-24-10-12-25(13-11-24)16-21(26)23-18-4-2-17(22)3-5-18/h2-9H,10-16H2,1H3,(H,23,26)/p+2. The van der Waals surface area contributed by atoms with Crippen molar-refractivity contribution in [2.45, 2.75) is 0 Å². The lowest BCUT2D eigenvalue weighted by molar-refractivity contribution is -1.01. The molecule has 3 rings (SSSR count). The number of hydrogen-bond acceptors (Lipinski definition) is 3. The smallest absolute Gasteiger partial charge is 0.279 e. The second-order valence-electron chi connectivity index (χ2n) is 7.01. The fourth-order valence-electron chi connectivity index (χ4n) is 3.33. The fraction of sp³-hybridized carbons (Fsp3) is 0.381. The largest absolute Gasteiger partial charge is 0.497 e. The van der Waals surface area contributed by atoms with E-state index in [9.17, 15) is 9.18 Å². The number of halogens is 1. The number of hydrogen-bond donors (Lipinski definition) is 3. The van der Waals surface area contributed by atoms with Gasteiger partial charge in [0.25, 0.3) is 5.91 Å². The van der Waals surface area contributed by atoms with Gasteiger partial charge in [-0.3, -0.25) is 4.79 Å². The predicted octanol–water partition coefficient (Wildman–Crippen LogP) is -0.365. The van der Waals surface area contributed by atoms with Crippen molar-refractivity contribution in [2.75, 3.05) is 58.3 Å². The highest BCUT2D eigenvalue weighted by Crippen LogP contribution is 2.16. The van der Waals surface area contributed by atoms with Crippen molar-refractivity contribution in [3.8, 4) is 11.5 Å². The molecule has 1 aliphatic heterocycles. The molecular formula is C21H28FN3O3+2. The highest BCUT2D eigenvalue weighted by Gasteiger charge is 2.24. The molecule has 0 radical (unpaired) electrons. The summed E-state index contributed by atoms with van der Waals surface area (Å²) >= 11 is 0. The Balaban J connectivity index is 1.32. The second kappa shape index (κ2) is 10.1. The Hall–Kier alpha value is -2.64. The minimum atomic E-state index is -0.307. The molecule has 1 amide bonds.